The number of thioether (sulfide) groups is 1. The molecule has 180 valence electrons. The van der Waals surface area contributed by atoms with Crippen molar-refractivity contribution >= 4 is 46.2 Å². The van der Waals surface area contributed by atoms with Crippen LogP contribution in [0.25, 0.3) is 6.08 Å². The van der Waals surface area contributed by atoms with E-state index < -0.39 is 0 Å². The minimum atomic E-state index is -0.0799. The Morgan fingerprint density at radius 1 is 1.00 bits per heavy atom. The van der Waals surface area contributed by atoms with Crippen molar-refractivity contribution < 1.29 is 14.3 Å². The summed E-state index contributed by atoms with van der Waals surface area (Å²) in [4.78, 5) is 19.9. The van der Waals surface area contributed by atoms with Crippen LogP contribution in [0.5, 0.6) is 11.5 Å². The molecule has 0 radical (unpaired) electrons. The monoisotopic (exact) mass is 506 g/mol. The smallest absolute Gasteiger partial charge is 0.266 e. The van der Waals surface area contributed by atoms with Crippen LogP contribution < -0.4 is 9.47 Å². The van der Waals surface area contributed by atoms with Crippen LogP contribution in [-0.2, 0) is 17.8 Å². The summed E-state index contributed by atoms with van der Waals surface area (Å²) in [5, 5.41) is 1.35. The Balaban J connectivity index is 1.55. The molecule has 0 atom stereocenters. The van der Waals surface area contributed by atoms with Crippen molar-refractivity contribution in [1.82, 2.24) is 4.90 Å². The Labute approximate surface area is 215 Å². The van der Waals surface area contributed by atoms with Gasteiger partial charge in [0.2, 0.25) is 0 Å². The van der Waals surface area contributed by atoms with Crippen molar-refractivity contribution in [2.45, 2.75) is 26.9 Å². The molecule has 1 fully saturated rings. The highest BCUT2D eigenvalue weighted by Crippen LogP contribution is 2.36. The van der Waals surface area contributed by atoms with E-state index >= 15 is 0 Å². The van der Waals surface area contributed by atoms with Crippen LogP contribution in [0.1, 0.15) is 30.5 Å². The number of aryl methyl sites for hydroxylation is 1. The molecule has 0 unspecified atom stereocenters. The van der Waals surface area contributed by atoms with Crippen molar-refractivity contribution in [1.29, 1.82) is 0 Å². The van der Waals surface area contributed by atoms with Crippen LogP contribution in [0.4, 0.5) is 5.69 Å². The normalized spacial score (nSPS) is 15.8. The molecule has 3 aromatic carbocycles. The fourth-order valence-corrected chi connectivity index (χ4v) is 4.67. The highest BCUT2D eigenvalue weighted by atomic mass is 35.5. The van der Waals surface area contributed by atoms with Crippen LogP contribution in [-0.4, -0.2) is 29.6 Å². The van der Waals surface area contributed by atoms with E-state index in [-0.39, 0.29) is 5.91 Å². The molecule has 7 heteroatoms. The van der Waals surface area contributed by atoms with E-state index in [9.17, 15) is 4.79 Å². The number of nitrogens with zero attached hydrogens (tertiary/aromatic N) is 2. The summed E-state index contributed by atoms with van der Waals surface area (Å²) in [6.07, 6.45) is 2.74. The zero-order valence-electron chi connectivity index (χ0n) is 20.0. The molecule has 1 heterocycles. The number of likely N-dealkylation sites (N-methyl/N-ethyl adjacent to an activating group) is 1. The highest BCUT2D eigenvalue weighted by Gasteiger charge is 2.30. The SMILES string of the molecule is CCOc1cc(/C=C2/SC(=Nc3ccccc3CC)N(C)C2=O)ccc1OCc1ccc(Cl)cc1. The number of carbonyl (C=O) groups excluding carboxylic acids is 1. The third-order valence-corrected chi connectivity index (χ3v) is 6.78. The molecule has 0 N–H and O–H groups in total. The lowest BCUT2D eigenvalue weighted by Gasteiger charge is -2.13. The van der Waals surface area contributed by atoms with Crippen molar-refractivity contribution in [3.63, 3.8) is 0 Å². The first-order chi connectivity index (χ1) is 17.0. The highest BCUT2D eigenvalue weighted by molar-refractivity contribution is 8.18. The van der Waals surface area contributed by atoms with Gasteiger partial charge < -0.3 is 9.47 Å². The van der Waals surface area contributed by atoms with E-state index in [1.807, 2.05) is 73.7 Å². The fourth-order valence-electron chi connectivity index (χ4n) is 3.57. The van der Waals surface area contributed by atoms with Gasteiger partial charge in [-0.05, 0) is 78.2 Å². The number of aliphatic imine (C=N–C) groups is 1. The van der Waals surface area contributed by atoms with Gasteiger partial charge in [-0.25, -0.2) is 4.99 Å². The molecule has 1 aliphatic rings. The summed E-state index contributed by atoms with van der Waals surface area (Å²) in [5.41, 5.74) is 3.90. The van der Waals surface area contributed by atoms with Crippen molar-refractivity contribution in [2.75, 3.05) is 13.7 Å². The minimum absolute atomic E-state index is 0.0799. The van der Waals surface area contributed by atoms with Gasteiger partial charge in [0.05, 0.1) is 17.2 Å². The third-order valence-electron chi connectivity index (χ3n) is 5.47. The van der Waals surface area contributed by atoms with Gasteiger partial charge in [-0.3, -0.25) is 9.69 Å². The predicted molar refractivity (Wildman–Crippen MR) is 145 cm³/mol. The lowest BCUT2D eigenvalue weighted by Crippen LogP contribution is -2.23. The number of hydrogen-bond acceptors (Lipinski definition) is 5. The van der Waals surface area contributed by atoms with Crippen molar-refractivity contribution in [3.05, 3.63) is 93.3 Å². The van der Waals surface area contributed by atoms with Crippen molar-refractivity contribution in [2.24, 2.45) is 4.99 Å². The number of benzene rings is 3. The quantitative estimate of drug-likeness (QED) is 0.305. The molecule has 35 heavy (non-hydrogen) atoms. The zero-order valence-corrected chi connectivity index (χ0v) is 21.5. The van der Waals surface area contributed by atoms with Gasteiger partial charge >= 0.3 is 0 Å². The first kappa shape index (κ1) is 24.9. The average Bonchev–Trinajstić information content (AvgIpc) is 3.12. The maximum Gasteiger partial charge on any atom is 0.266 e. The van der Waals surface area contributed by atoms with Crippen LogP contribution in [0.3, 0.4) is 0 Å². The number of ether oxygens (including phenoxy) is 2. The molecular weight excluding hydrogens is 480 g/mol. The number of halogens is 1. The lowest BCUT2D eigenvalue weighted by molar-refractivity contribution is -0.121. The number of amidine groups is 1. The largest absolute Gasteiger partial charge is 0.490 e. The van der Waals surface area contributed by atoms with Gasteiger partial charge in [-0.15, -0.1) is 0 Å². The number of rotatable bonds is 8. The summed E-state index contributed by atoms with van der Waals surface area (Å²) in [6.45, 7) is 4.92. The maximum absolute atomic E-state index is 12.9. The minimum Gasteiger partial charge on any atom is -0.490 e. The molecule has 0 bridgehead atoms. The topological polar surface area (TPSA) is 51.1 Å². The van der Waals surface area contributed by atoms with Gasteiger partial charge in [0.15, 0.2) is 16.7 Å². The summed E-state index contributed by atoms with van der Waals surface area (Å²) >= 11 is 7.33. The molecular formula is C28H27ClN2O3S. The standard InChI is InChI=1S/C28H27ClN2O3S/c1-4-21-8-6-7-9-23(21)30-28-31(3)27(32)26(35-28)17-20-12-15-24(25(16-20)33-5-2)34-18-19-10-13-22(29)14-11-19/h6-17H,4-5,18H2,1-3H3/b26-17+,30-28?. The average molecular weight is 507 g/mol. The Morgan fingerprint density at radius 2 is 1.77 bits per heavy atom. The number of amides is 1. The molecule has 0 saturated carbocycles. The van der Waals surface area contributed by atoms with Gasteiger partial charge in [-0.2, -0.15) is 0 Å². The summed E-state index contributed by atoms with van der Waals surface area (Å²) in [5.74, 6) is 1.19. The second-order valence-electron chi connectivity index (χ2n) is 7.91. The molecule has 1 amide bonds. The second-order valence-corrected chi connectivity index (χ2v) is 9.35. The maximum atomic E-state index is 12.9. The Bertz CT molecular complexity index is 1270. The molecule has 1 saturated heterocycles. The summed E-state index contributed by atoms with van der Waals surface area (Å²) < 4.78 is 11.8. The Kier molecular flexibility index (Phi) is 8.16. The summed E-state index contributed by atoms with van der Waals surface area (Å²) in [7, 11) is 1.75. The molecule has 5 nitrogen and oxygen atoms in total. The molecule has 4 rings (SSSR count). The first-order valence-corrected chi connectivity index (χ1v) is 12.7. The first-order valence-electron chi connectivity index (χ1n) is 11.5. The van der Waals surface area contributed by atoms with E-state index in [1.165, 1.54) is 11.8 Å². The lowest BCUT2D eigenvalue weighted by atomic mass is 10.1. The fraction of sp³-hybridized carbons (Fsp3) is 0.214. The van der Waals surface area contributed by atoms with Crippen LogP contribution in [0.2, 0.25) is 5.02 Å². The van der Waals surface area contributed by atoms with Crippen molar-refractivity contribution in [3.8, 4) is 11.5 Å². The van der Waals surface area contributed by atoms with E-state index in [1.54, 1.807) is 11.9 Å². The molecule has 0 aromatic heterocycles. The number of para-hydroxylation sites is 1. The van der Waals surface area contributed by atoms with Gasteiger partial charge in [0.1, 0.15) is 6.61 Å². The van der Waals surface area contributed by atoms with Crippen LogP contribution in [0, 0.1) is 0 Å². The molecule has 0 spiro atoms. The predicted octanol–water partition coefficient (Wildman–Crippen LogP) is 7.11. The Morgan fingerprint density at radius 3 is 2.51 bits per heavy atom. The van der Waals surface area contributed by atoms with Crippen LogP contribution >= 0.6 is 23.4 Å². The summed E-state index contributed by atoms with van der Waals surface area (Å²) in [6, 6.07) is 21.2. The third kappa shape index (κ3) is 6.08. The molecule has 1 aliphatic heterocycles. The van der Waals surface area contributed by atoms with E-state index in [0.717, 1.165) is 28.8 Å². The zero-order chi connectivity index (χ0) is 24.8. The van der Waals surface area contributed by atoms with E-state index in [4.69, 9.17) is 26.1 Å². The van der Waals surface area contributed by atoms with Gasteiger partial charge in [0, 0.05) is 12.1 Å². The van der Waals surface area contributed by atoms with Crippen LogP contribution in [0.15, 0.2) is 76.6 Å². The van der Waals surface area contributed by atoms with Gasteiger partial charge in [0.25, 0.3) is 5.91 Å². The number of carbonyl (C=O) groups is 1. The van der Waals surface area contributed by atoms with E-state index in [0.29, 0.717) is 39.8 Å². The van der Waals surface area contributed by atoms with Gasteiger partial charge in [-0.1, -0.05) is 54.9 Å². The second kappa shape index (κ2) is 11.5. The Hall–Kier alpha value is -3.22. The molecule has 0 aliphatic carbocycles. The van der Waals surface area contributed by atoms with E-state index in [2.05, 4.69) is 13.0 Å². The number of hydrogen-bond donors (Lipinski definition) is 0. The molecule has 3 aromatic rings.